The molecule has 0 aliphatic carbocycles. The number of fused-ring (bicyclic) bond motifs is 1. The number of benzene rings is 1. The molecule has 1 atom stereocenters. The van der Waals surface area contributed by atoms with E-state index < -0.39 is 0 Å². The number of guanidine groups is 1. The summed E-state index contributed by atoms with van der Waals surface area (Å²) in [5.74, 6) is 3.10. The van der Waals surface area contributed by atoms with Crippen molar-refractivity contribution in [3.8, 4) is 5.75 Å². The maximum atomic E-state index is 5.36. The predicted octanol–water partition coefficient (Wildman–Crippen LogP) is 2.32. The van der Waals surface area contributed by atoms with Crippen LogP contribution in [0.2, 0.25) is 0 Å². The lowest BCUT2D eigenvalue weighted by molar-refractivity contribution is 0.415. The third kappa shape index (κ3) is 4.64. The fourth-order valence-corrected chi connectivity index (χ4v) is 3.77. The average Bonchev–Trinajstić information content (AvgIpc) is 3.43. The Morgan fingerprint density at radius 3 is 3.00 bits per heavy atom. The third-order valence-corrected chi connectivity index (χ3v) is 5.37. The van der Waals surface area contributed by atoms with E-state index in [-0.39, 0.29) is 0 Å². The van der Waals surface area contributed by atoms with Gasteiger partial charge >= 0.3 is 0 Å². The van der Waals surface area contributed by atoms with Crippen molar-refractivity contribution >= 4 is 17.3 Å². The van der Waals surface area contributed by atoms with E-state index in [1.807, 2.05) is 40.9 Å². The van der Waals surface area contributed by atoms with Gasteiger partial charge in [-0.3, -0.25) is 4.40 Å². The fourth-order valence-electron chi connectivity index (χ4n) is 3.77. The molecule has 1 saturated heterocycles. The van der Waals surface area contributed by atoms with Crippen molar-refractivity contribution in [2.45, 2.75) is 19.9 Å². The van der Waals surface area contributed by atoms with E-state index in [1.54, 1.807) is 7.11 Å². The third-order valence-electron chi connectivity index (χ3n) is 5.37. The van der Waals surface area contributed by atoms with Gasteiger partial charge in [-0.15, -0.1) is 10.2 Å². The molecule has 0 bridgehead atoms. The van der Waals surface area contributed by atoms with Crippen LogP contribution in [0.1, 0.15) is 19.2 Å². The van der Waals surface area contributed by atoms with E-state index in [4.69, 9.17) is 9.73 Å². The fraction of sp³-hybridized carbons (Fsp3) is 0.409. The molecule has 1 aliphatic heterocycles. The first-order valence-corrected chi connectivity index (χ1v) is 10.5. The Bertz CT molecular complexity index is 1000. The molecular formula is C22H29N7O. The summed E-state index contributed by atoms with van der Waals surface area (Å²) in [7, 11) is 1.71. The maximum Gasteiger partial charge on any atom is 0.191 e. The highest BCUT2D eigenvalue weighted by atomic mass is 16.5. The summed E-state index contributed by atoms with van der Waals surface area (Å²) in [5.41, 5.74) is 2.06. The molecule has 0 radical (unpaired) electrons. The Kier molecular flexibility index (Phi) is 6.32. The van der Waals surface area contributed by atoms with Gasteiger partial charge in [0.25, 0.3) is 0 Å². The van der Waals surface area contributed by atoms with Gasteiger partial charge in [-0.2, -0.15) is 0 Å². The van der Waals surface area contributed by atoms with Crippen LogP contribution in [0.15, 0.2) is 53.7 Å². The molecule has 8 heteroatoms. The molecule has 1 fully saturated rings. The Labute approximate surface area is 177 Å². The smallest absolute Gasteiger partial charge is 0.191 e. The van der Waals surface area contributed by atoms with Gasteiger partial charge in [0.1, 0.15) is 12.3 Å². The summed E-state index contributed by atoms with van der Waals surface area (Å²) < 4.78 is 7.33. The van der Waals surface area contributed by atoms with Crippen LogP contribution in [-0.2, 0) is 6.54 Å². The van der Waals surface area contributed by atoms with Crippen molar-refractivity contribution in [2.24, 2.45) is 10.9 Å². The quantitative estimate of drug-likeness (QED) is 0.462. The average molecular weight is 408 g/mol. The Morgan fingerprint density at radius 1 is 1.20 bits per heavy atom. The maximum absolute atomic E-state index is 5.36. The van der Waals surface area contributed by atoms with Crippen molar-refractivity contribution in [1.29, 1.82) is 0 Å². The van der Waals surface area contributed by atoms with E-state index in [2.05, 4.69) is 44.8 Å². The molecule has 1 aromatic carbocycles. The summed E-state index contributed by atoms with van der Waals surface area (Å²) in [6.07, 6.45) is 3.12. The van der Waals surface area contributed by atoms with E-state index in [9.17, 15) is 0 Å². The Balaban J connectivity index is 1.34. The van der Waals surface area contributed by atoms with Crippen LogP contribution in [-0.4, -0.2) is 53.8 Å². The summed E-state index contributed by atoms with van der Waals surface area (Å²) in [6, 6.07) is 14.1. The first-order chi connectivity index (χ1) is 14.8. The summed E-state index contributed by atoms with van der Waals surface area (Å²) in [5, 5.41) is 15.3. The molecule has 4 rings (SSSR count). The molecule has 1 aliphatic rings. The molecular weight excluding hydrogens is 378 g/mol. The van der Waals surface area contributed by atoms with Crippen LogP contribution in [0, 0.1) is 5.92 Å². The first-order valence-electron chi connectivity index (χ1n) is 10.5. The number of nitrogens with one attached hydrogen (secondary N) is 2. The molecule has 158 valence electrons. The van der Waals surface area contributed by atoms with Crippen LogP contribution in [0.5, 0.6) is 5.75 Å². The highest BCUT2D eigenvalue weighted by Gasteiger charge is 2.23. The number of rotatable bonds is 7. The highest BCUT2D eigenvalue weighted by molar-refractivity contribution is 5.79. The summed E-state index contributed by atoms with van der Waals surface area (Å²) in [4.78, 5) is 7.13. The van der Waals surface area contributed by atoms with Crippen LogP contribution < -0.4 is 20.3 Å². The summed E-state index contributed by atoms with van der Waals surface area (Å²) >= 11 is 0. The molecule has 2 N–H and O–H groups in total. The normalized spacial score (nSPS) is 16.8. The highest BCUT2D eigenvalue weighted by Crippen LogP contribution is 2.26. The lowest BCUT2D eigenvalue weighted by Crippen LogP contribution is -2.40. The second kappa shape index (κ2) is 9.47. The first kappa shape index (κ1) is 20.0. The van der Waals surface area contributed by atoms with Crippen LogP contribution in [0.25, 0.3) is 5.65 Å². The van der Waals surface area contributed by atoms with Crippen molar-refractivity contribution in [3.05, 3.63) is 54.5 Å². The predicted molar refractivity (Wildman–Crippen MR) is 119 cm³/mol. The molecule has 0 amide bonds. The molecule has 3 heterocycles. The van der Waals surface area contributed by atoms with Gasteiger partial charge in [0.05, 0.1) is 7.11 Å². The van der Waals surface area contributed by atoms with Crippen molar-refractivity contribution < 1.29 is 4.74 Å². The van der Waals surface area contributed by atoms with Gasteiger partial charge in [0.2, 0.25) is 0 Å². The molecule has 30 heavy (non-hydrogen) atoms. The molecule has 3 aromatic rings. The number of ether oxygens (including phenoxy) is 1. The van der Waals surface area contributed by atoms with Crippen molar-refractivity contribution in [2.75, 3.05) is 38.2 Å². The van der Waals surface area contributed by atoms with Gasteiger partial charge < -0.3 is 20.3 Å². The second-order valence-corrected chi connectivity index (χ2v) is 7.42. The zero-order valence-electron chi connectivity index (χ0n) is 17.6. The number of aromatic nitrogens is 3. The number of methoxy groups -OCH3 is 1. The van der Waals surface area contributed by atoms with Gasteiger partial charge in [-0.25, -0.2) is 4.99 Å². The van der Waals surface area contributed by atoms with E-state index >= 15 is 0 Å². The molecule has 8 nitrogen and oxygen atoms in total. The Morgan fingerprint density at radius 2 is 2.13 bits per heavy atom. The monoisotopic (exact) mass is 407 g/mol. The topological polar surface area (TPSA) is 79.1 Å². The van der Waals surface area contributed by atoms with E-state index in [1.165, 1.54) is 5.69 Å². The Hall–Kier alpha value is -3.29. The second-order valence-electron chi connectivity index (χ2n) is 7.42. The molecule has 0 saturated carbocycles. The van der Waals surface area contributed by atoms with Crippen LogP contribution >= 0.6 is 0 Å². The van der Waals surface area contributed by atoms with E-state index in [0.717, 1.165) is 55.8 Å². The SMILES string of the molecule is CCNC(=NCc1nnc2ccccn12)NCC1CCN(c2cccc(OC)c2)C1. The zero-order valence-corrected chi connectivity index (χ0v) is 17.6. The number of hydrogen-bond acceptors (Lipinski definition) is 5. The minimum Gasteiger partial charge on any atom is -0.497 e. The number of anilines is 1. The number of nitrogens with zero attached hydrogens (tertiary/aromatic N) is 5. The minimum atomic E-state index is 0.473. The van der Waals surface area contributed by atoms with Gasteiger partial charge in [-0.05, 0) is 43.5 Å². The van der Waals surface area contributed by atoms with Crippen LogP contribution in [0.4, 0.5) is 5.69 Å². The van der Waals surface area contributed by atoms with Gasteiger partial charge in [0.15, 0.2) is 17.4 Å². The molecule has 1 unspecified atom stereocenters. The lowest BCUT2D eigenvalue weighted by Gasteiger charge is -2.20. The summed E-state index contributed by atoms with van der Waals surface area (Å²) in [6.45, 7) is 6.32. The number of aliphatic imine (C=N–C) groups is 1. The van der Waals surface area contributed by atoms with Gasteiger partial charge in [0, 0.05) is 44.1 Å². The lowest BCUT2D eigenvalue weighted by atomic mass is 10.1. The zero-order chi connectivity index (χ0) is 20.8. The van der Waals surface area contributed by atoms with Crippen LogP contribution in [0.3, 0.4) is 0 Å². The number of hydrogen-bond donors (Lipinski definition) is 2. The standard InChI is InChI=1S/C22H29N7O/c1-3-23-22(25-15-21-27-26-20-9-4-5-11-29(20)21)24-14-17-10-12-28(16-17)18-7-6-8-19(13-18)30-2/h4-9,11,13,17H,3,10,12,14-16H2,1-2H3,(H2,23,24,25). The van der Waals surface area contributed by atoms with Crippen molar-refractivity contribution in [3.63, 3.8) is 0 Å². The van der Waals surface area contributed by atoms with E-state index in [0.29, 0.717) is 12.5 Å². The molecule has 2 aromatic heterocycles. The minimum absolute atomic E-state index is 0.473. The largest absolute Gasteiger partial charge is 0.497 e. The van der Waals surface area contributed by atoms with Crippen molar-refractivity contribution in [1.82, 2.24) is 25.2 Å². The number of pyridine rings is 1. The van der Waals surface area contributed by atoms with Gasteiger partial charge in [-0.1, -0.05) is 12.1 Å². The molecule has 0 spiro atoms.